The van der Waals surface area contributed by atoms with E-state index in [1.807, 2.05) is 0 Å². The van der Waals surface area contributed by atoms with E-state index in [0.29, 0.717) is 6.71 Å². The van der Waals surface area contributed by atoms with Gasteiger partial charge in [-0.25, -0.2) is 9.78 Å². The molecular weight excluding hydrogens is 187 g/mol. The van der Waals surface area contributed by atoms with Crippen LogP contribution in [0.2, 0.25) is 12.6 Å². The molecule has 1 fully saturated rings. The standard InChI is InChI=1S/C12H25BO2/c1-4-7-10-13(11-8-5-2)12(9-6-3)14-15-12/h4-11H2,1-3H3. The van der Waals surface area contributed by atoms with Gasteiger partial charge in [0.05, 0.1) is 0 Å². The second-order valence-electron chi connectivity index (χ2n) is 4.71. The number of unbranched alkanes of at least 4 members (excludes halogenated alkanes) is 2. The first-order valence-corrected chi connectivity index (χ1v) is 6.65. The van der Waals surface area contributed by atoms with Gasteiger partial charge < -0.3 is 0 Å². The Kier molecular flexibility index (Phi) is 5.69. The lowest BCUT2D eigenvalue weighted by atomic mass is 9.38. The zero-order valence-corrected chi connectivity index (χ0v) is 10.6. The highest BCUT2D eigenvalue weighted by atomic mass is 17.4. The van der Waals surface area contributed by atoms with Gasteiger partial charge in [-0.3, -0.25) is 0 Å². The second-order valence-corrected chi connectivity index (χ2v) is 4.71. The maximum absolute atomic E-state index is 5.29. The molecule has 0 spiro atoms. The largest absolute Gasteiger partial charge is 0.223 e. The highest BCUT2D eigenvalue weighted by Crippen LogP contribution is 2.41. The van der Waals surface area contributed by atoms with Crippen LogP contribution in [0.15, 0.2) is 0 Å². The third kappa shape index (κ3) is 3.80. The first kappa shape index (κ1) is 13.1. The molecule has 0 atom stereocenters. The maximum Gasteiger partial charge on any atom is 0.223 e. The van der Waals surface area contributed by atoms with E-state index in [2.05, 4.69) is 20.8 Å². The Morgan fingerprint density at radius 1 is 0.867 bits per heavy atom. The summed E-state index contributed by atoms with van der Waals surface area (Å²) >= 11 is 0. The van der Waals surface area contributed by atoms with Crippen LogP contribution in [0.1, 0.15) is 59.3 Å². The summed E-state index contributed by atoms with van der Waals surface area (Å²) in [5, 5.41) is 0. The van der Waals surface area contributed by atoms with Gasteiger partial charge in [0, 0.05) is 0 Å². The van der Waals surface area contributed by atoms with Crippen molar-refractivity contribution in [1.82, 2.24) is 0 Å². The summed E-state index contributed by atoms with van der Waals surface area (Å²) in [5.74, 6) is 0. The minimum Gasteiger partial charge on any atom is -0.205 e. The molecule has 1 aliphatic rings. The molecule has 0 aromatic rings. The van der Waals surface area contributed by atoms with Gasteiger partial charge in [-0.2, -0.15) is 0 Å². The number of rotatable bonds is 9. The molecule has 0 N–H and O–H groups in total. The van der Waals surface area contributed by atoms with E-state index in [1.54, 1.807) is 0 Å². The van der Waals surface area contributed by atoms with Crippen LogP contribution in [-0.2, 0) is 9.78 Å². The van der Waals surface area contributed by atoms with E-state index in [9.17, 15) is 0 Å². The fourth-order valence-electron chi connectivity index (χ4n) is 2.31. The van der Waals surface area contributed by atoms with Crippen LogP contribution in [0.5, 0.6) is 0 Å². The number of hydrogen-bond acceptors (Lipinski definition) is 2. The Morgan fingerprint density at radius 2 is 1.40 bits per heavy atom. The lowest BCUT2D eigenvalue weighted by Gasteiger charge is -2.16. The fourth-order valence-corrected chi connectivity index (χ4v) is 2.31. The van der Waals surface area contributed by atoms with E-state index in [4.69, 9.17) is 9.78 Å². The van der Waals surface area contributed by atoms with Gasteiger partial charge in [0.15, 0.2) is 0 Å². The molecule has 2 nitrogen and oxygen atoms in total. The molecule has 88 valence electrons. The van der Waals surface area contributed by atoms with Crippen molar-refractivity contribution in [3.8, 4) is 0 Å². The van der Waals surface area contributed by atoms with Gasteiger partial charge in [0.1, 0.15) is 0 Å². The van der Waals surface area contributed by atoms with E-state index < -0.39 is 0 Å². The summed E-state index contributed by atoms with van der Waals surface area (Å²) in [6.07, 6.45) is 9.86. The third-order valence-electron chi connectivity index (χ3n) is 3.33. The lowest BCUT2D eigenvalue weighted by Crippen LogP contribution is -2.34. The molecule has 0 amide bonds. The van der Waals surface area contributed by atoms with Gasteiger partial charge in [-0.05, 0) is 6.42 Å². The summed E-state index contributed by atoms with van der Waals surface area (Å²) in [7, 11) is 0. The first-order chi connectivity index (χ1) is 7.29. The maximum atomic E-state index is 5.29. The molecule has 0 unspecified atom stereocenters. The van der Waals surface area contributed by atoms with Crippen LogP contribution in [0, 0.1) is 0 Å². The molecule has 0 aliphatic carbocycles. The van der Waals surface area contributed by atoms with Crippen LogP contribution in [0.4, 0.5) is 0 Å². The molecule has 15 heavy (non-hydrogen) atoms. The SMILES string of the molecule is CCCCB(CCCC)C1(CCC)OO1. The minimum absolute atomic E-state index is 0.181. The summed E-state index contributed by atoms with van der Waals surface area (Å²) < 4.78 is 0. The van der Waals surface area contributed by atoms with Gasteiger partial charge in [-0.15, -0.1) is 0 Å². The normalized spacial score (nSPS) is 17.8. The lowest BCUT2D eigenvalue weighted by molar-refractivity contribution is 0.0850. The van der Waals surface area contributed by atoms with Crippen LogP contribution < -0.4 is 0 Å². The summed E-state index contributed by atoms with van der Waals surface area (Å²) in [6, 6.07) is 0. The summed E-state index contributed by atoms with van der Waals surface area (Å²) in [5.41, 5.74) is -0.181. The van der Waals surface area contributed by atoms with Crippen LogP contribution >= 0.6 is 0 Å². The quantitative estimate of drug-likeness (QED) is 0.327. The minimum atomic E-state index is -0.181. The van der Waals surface area contributed by atoms with Crippen molar-refractivity contribution < 1.29 is 9.78 Å². The predicted molar refractivity (Wildman–Crippen MR) is 65.0 cm³/mol. The Morgan fingerprint density at radius 3 is 1.73 bits per heavy atom. The van der Waals surface area contributed by atoms with E-state index in [0.717, 1.165) is 12.8 Å². The van der Waals surface area contributed by atoms with Crippen molar-refractivity contribution in [3.05, 3.63) is 0 Å². The molecule has 0 saturated carbocycles. The second kappa shape index (κ2) is 6.54. The Hall–Kier alpha value is -0.0151. The molecule has 1 rings (SSSR count). The van der Waals surface area contributed by atoms with Crippen molar-refractivity contribution in [2.45, 2.75) is 77.6 Å². The van der Waals surface area contributed by atoms with Crippen LogP contribution in [0.3, 0.4) is 0 Å². The third-order valence-corrected chi connectivity index (χ3v) is 3.33. The molecule has 0 aromatic carbocycles. The summed E-state index contributed by atoms with van der Waals surface area (Å²) in [4.78, 5) is 10.6. The van der Waals surface area contributed by atoms with Crippen molar-refractivity contribution in [3.63, 3.8) is 0 Å². The average molecular weight is 212 g/mol. The smallest absolute Gasteiger partial charge is 0.205 e. The summed E-state index contributed by atoms with van der Waals surface area (Å²) in [6.45, 7) is 7.32. The van der Waals surface area contributed by atoms with E-state index in [1.165, 1.54) is 38.3 Å². The Labute approximate surface area is 94.7 Å². The number of hydrogen-bond donors (Lipinski definition) is 0. The van der Waals surface area contributed by atoms with Crippen LogP contribution in [0.25, 0.3) is 0 Å². The van der Waals surface area contributed by atoms with Crippen LogP contribution in [-0.4, -0.2) is 12.4 Å². The molecular formula is C12H25BO2. The zero-order chi connectivity index (χ0) is 11.1. The molecule has 0 radical (unpaired) electrons. The highest BCUT2D eigenvalue weighted by molar-refractivity contribution is 6.62. The Balaban J connectivity index is 2.39. The molecule has 1 saturated heterocycles. The topological polar surface area (TPSA) is 25.1 Å². The molecule has 0 aromatic heterocycles. The van der Waals surface area contributed by atoms with Crippen molar-refractivity contribution in [2.24, 2.45) is 0 Å². The first-order valence-electron chi connectivity index (χ1n) is 6.65. The molecule has 0 bridgehead atoms. The Bertz CT molecular complexity index is 161. The fraction of sp³-hybridized carbons (Fsp3) is 1.00. The van der Waals surface area contributed by atoms with Crippen molar-refractivity contribution >= 4 is 6.71 Å². The molecule has 3 heteroatoms. The van der Waals surface area contributed by atoms with Gasteiger partial charge in [0.2, 0.25) is 12.4 Å². The van der Waals surface area contributed by atoms with Gasteiger partial charge in [0.25, 0.3) is 0 Å². The van der Waals surface area contributed by atoms with Crippen molar-refractivity contribution in [1.29, 1.82) is 0 Å². The average Bonchev–Trinajstić information content (AvgIpc) is 3.00. The predicted octanol–water partition coefficient (Wildman–Crippen LogP) is 4.08. The monoisotopic (exact) mass is 212 g/mol. The van der Waals surface area contributed by atoms with E-state index >= 15 is 0 Å². The van der Waals surface area contributed by atoms with Gasteiger partial charge in [-0.1, -0.05) is 65.5 Å². The van der Waals surface area contributed by atoms with Gasteiger partial charge >= 0.3 is 0 Å². The molecule has 1 heterocycles. The zero-order valence-electron chi connectivity index (χ0n) is 10.6. The van der Waals surface area contributed by atoms with E-state index in [-0.39, 0.29) is 5.69 Å². The van der Waals surface area contributed by atoms with Crippen molar-refractivity contribution in [2.75, 3.05) is 0 Å². The molecule has 1 aliphatic heterocycles. The highest BCUT2D eigenvalue weighted by Gasteiger charge is 2.55.